The van der Waals surface area contributed by atoms with Gasteiger partial charge in [0, 0.05) is 0 Å². The van der Waals surface area contributed by atoms with Gasteiger partial charge >= 0.3 is 6.08 Å². The maximum absolute atomic E-state index is 13.3. The van der Waals surface area contributed by atoms with E-state index in [9.17, 15) is 13.6 Å². The predicted octanol–water partition coefficient (Wildman–Crippen LogP) is -0.569. The smallest absolute Gasteiger partial charge is 0.312 e. The van der Waals surface area contributed by atoms with Crippen molar-refractivity contribution in [2.24, 2.45) is 0 Å². The number of halogens is 2. The summed E-state index contributed by atoms with van der Waals surface area (Å²) in [6, 6.07) is 0. The van der Waals surface area contributed by atoms with Crippen molar-refractivity contribution in [3.63, 3.8) is 0 Å². The third-order valence-electron chi connectivity index (χ3n) is 2.97. The number of nitrogens with one attached hydrogen (secondary N) is 1. The number of nitrogens with zero attached hydrogens (tertiary/aromatic N) is 7. The van der Waals surface area contributed by atoms with E-state index in [1.54, 1.807) is 0 Å². The van der Waals surface area contributed by atoms with E-state index in [1.807, 2.05) is 4.98 Å². The Bertz CT molecular complexity index is 1100. The Kier molecular flexibility index (Phi) is 2.26. The van der Waals surface area contributed by atoms with Crippen molar-refractivity contribution < 1.29 is 8.78 Å². The molecule has 0 aliphatic carbocycles. The number of hydrogen-bond donors (Lipinski definition) is 2. The van der Waals surface area contributed by atoms with E-state index in [4.69, 9.17) is 5.73 Å². The maximum Gasteiger partial charge on any atom is 0.312 e. The van der Waals surface area contributed by atoms with Crippen LogP contribution < -0.4 is 11.3 Å². The molecular formula is C10H5F2N9O. The lowest BCUT2D eigenvalue weighted by molar-refractivity contribution is 0.532. The third-order valence-corrected chi connectivity index (χ3v) is 2.97. The van der Waals surface area contributed by atoms with E-state index < -0.39 is 17.7 Å². The summed E-state index contributed by atoms with van der Waals surface area (Å²) in [5, 5.41) is 0. The largest absolute Gasteiger partial charge is 0.382 e. The van der Waals surface area contributed by atoms with E-state index in [1.165, 1.54) is 22.0 Å². The van der Waals surface area contributed by atoms with Gasteiger partial charge in [0.05, 0.1) is 0 Å². The minimum Gasteiger partial charge on any atom is -0.382 e. The highest BCUT2D eigenvalue weighted by Crippen LogP contribution is 2.17. The highest BCUT2D eigenvalue weighted by molar-refractivity contribution is 5.81. The van der Waals surface area contributed by atoms with Gasteiger partial charge in [-0.2, -0.15) is 23.7 Å². The second kappa shape index (κ2) is 4.03. The molecule has 0 aliphatic rings. The van der Waals surface area contributed by atoms with Crippen molar-refractivity contribution in [3.05, 3.63) is 35.2 Å². The molecule has 0 saturated heterocycles. The van der Waals surface area contributed by atoms with Crippen LogP contribution >= 0.6 is 0 Å². The second-order valence-electron chi connectivity index (χ2n) is 4.26. The summed E-state index contributed by atoms with van der Waals surface area (Å²) in [4.78, 5) is 31.8. The molecule has 110 valence electrons. The SMILES string of the molecule is Nc1nc(F)nc2c1ncn2-n1cnc2c(=O)[nH]c(F)nc21. The van der Waals surface area contributed by atoms with E-state index in [2.05, 4.69) is 24.9 Å². The summed E-state index contributed by atoms with van der Waals surface area (Å²) in [5.74, 6) is -0.150. The Labute approximate surface area is 118 Å². The van der Waals surface area contributed by atoms with Crippen LogP contribution in [0.5, 0.6) is 0 Å². The second-order valence-corrected chi connectivity index (χ2v) is 4.26. The van der Waals surface area contributed by atoms with Gasteiger partial charge in [0.15, 0.2) is 28.1 Å². The number of rotatable bonds is 1. The van der Waals surface area contributed by atoms with Crippen LogP contribution in [-0.2, 0) is 0 Å². The molecule has 22 heavy (non-hydrogen) atoms. The molecule has 0 aliphatic heterocycles. The van der Waals surface area contributed by atoms with Gasteiger partial charge < -0.3 is 5.73 Å². The fraction of sp³-hybridized carbons (Fsp3) is 0. The summed E-state index contributed by atoms with van der Waals surface area (Å²) in [5.41, 5.74) is 4.81. The lowest BCUT2D eigenvalue weighted by Crippen LogP contribution is -2.14. The molecule has 0 atom stereocenters. The van der Waals surface area contributed by atoms with Crippen LogP contribution in [0.2, 0.25) is 0 Å². The first-order chi connectivity index (χ1) is 10.5. The Hall–Kier alpha value is -3.44. The zero-order valence-electron chi connectivity index (χ0n) is 10.5. The Morgan fingerprint density at radius 3 is 2.36 bits per heavy atom. The molecule has 3 N–H and O–H groups in total. The Balaban J connectivity index is 2.10. The minimum atomic E-state index is -1.08. The summed E-state index contributed by atoms with van der Waals surface area (Å²) in [6.45, 7) is 0. The molecule has 4 aromatic heterocycles. The molecule has 4 rings (SSSR count). The first-order valence-corrected chi connectivity index (χ1v) is 5.84. The predicted molar refractivity (Wildman–Crippen MR) is 68.6 cm³/mol. The van der Waals surface area contributed by atoms with Gasteiger partial charge in [0.25, 0.3) is 11.6 Å². The Morgan fingerprint density at radius 1 is 1.00 bits per heavy atom. The van der Waals surface area contributed by atoms with Crippen LogP contribution in [0.1, 0.15) is 0 Å². The van der Waals surface area contributed by atoms with E-state index in [-0.39, 0.29) is 28.1 Å². The van der Waals surface area contributed by atoms with Gasteiger partial charge in [-0.15, -0.1) is 0 Å². The molecule has 10 nitrogen and oxygen atoms in total. The van der Waals surface area contributed by atoms with Gasteiger partial charge in [-0.1, -0.05) is 0 Å². The molecule has 0 bridgehead atoms. The molecule has 0 amide bonds. The van der Waals surface area contributed by atoms with Crippen molar-refractivity contribution in [1.82, 2.24) is 39.3 Å². The van der Waals surface area contributed by atoms with Crippen molar-refractivity contribution in [1.29, 1.82) is 0 Å². The lowest BCUT2D eigenvalue weighted by atomic mass is 10.5. The quantitative estimate of drug-likeness (QED) is 0.450. The van der Waals surface area contributed by atoms with Crippen LogP contribution in [-0.4, -0.2) is 39.3 Å². The number of fused-ring (bicyclic) bond motifs is 2. The summed E-state index contributed by atoms with van der Waals surface area (Å²) in [6.07, 6.45) is 0.318. The van der Waals surface area contributed by atoms with Gasteiger partial charge in [-0.05, 0) is 0 Å². The number of imidazole rings is 2. The van der Waals surface area contributed by atoms with Crippen LogP contribution in [0.25, 0.3) is 22.3 Å². The van der Waals surface area contributed by atoms with Crippen molar-refractivity contribution in [3.8, 4) is 0 Å². The van der Waals surface area contributed by atoms with Crippen LogP contribution in [0.3, 0.4) is 0 Å². The highest BCUT2D eigenvalue weighted by atomic mass is 19.1. The molecule has 0 saturated carbocycles. The number of nitrogens with two attached hydrogens (primary N) is 1. The minimum absolute atomic E-state index is 0.0202. The van der Waals surface area contributed by atoms with E-state index in [0.717, 1.165) is 0 Å². The van der Waals surface area contributed by atoms with Crippen molar-refractivity contribution in [2.75, 3.05) is 5.73 Å². The normalized spacial score (nSPS) is 11.5. The summed E-state index contributed by atoms with van der Waals surface area (Å²) in [7, 11) is 0. The molecule has 4 aromatic rings. The molecule has 0 radical (unpaired) electrons. The third kappa shape index (κ3) is 1.57. The zero-order valence-corrected chi connectivity index (χ0v) is 10.5. The molecule has 12 heteroatoms. The molecule has 4 heterocycles. The molecule has 0 aromatic carbocycles. The molecular weight excluding hydrogens is 300 g/mol. The van der Waals surface area contributed by atoms with Gasteiger partial charge in [0.2, 0.25) is 0 Å². The number of hydrogen-bond acceptors (Lipinski definition) is 7. The number of nitrogen functional groups attached to an aromatic ring is 1. The van der Waals surface area contributed by atoms with Crippen LogP contribution in [0.4, 0.5) is 14.6 Å². The highest BCUT2D eigenvalue weighted by Gasteiger charge is 2.16. The fourth-order valence-corrected chi connectivity index (χ4v) is 2.07. The van der Waals surface area contributed by atoms with Gasteiger partial charge in [0.1, 0.15) is 12.7 Å². The van der Waals surface area contributed by atoms with Crippen LogP contribution in [0.15, 0.2) is 17.4 Å². The molecule has 0 unspecified atom stereocenters. The lowest BCUT2D eigenvalue weighted by Gasteiger charge is -2.04. The number of anilines is 1. The van der Waals surface area contributed by atoms with Gasteiger partial charge in [-0.25, -0.2) is 19.3 Å². The van der Waals surface area contributed by atoms with E-state index >= 15 is 0 Å². The van der Waals surface area contributed by atoms with Gasteiger partial charge in [-0.3, -0.25) is 9.78 Å². The number of H-pyrrole nitrogens is 1. The number of aromatic nitrogens is 8. The summed E-state index contributed by atoms with van der Waals surface area (Å²) < 4.78 is 29.0. The maximum atomic E-state index is 13.3. The van der Waals surface area contributed by atoms with Crippen molar-refractivity contribution >= 4 is 28.1 Å². The Morgan fingerprint density at radius 2 is 1.64 bits per heavy atom. The monoisotopic (exact) mass is 305 g/mol. The van der Waals surface area contributed by atoms with Crippen LogP contribution in [0, 0.1) is 12.2 Å². The standard InChI is InChI=1S/C10H5F2N9O/c11-9-16-5(13)3-6(17-9)20(1-14-3)21-2-15-4-7(21)18-10(12)19-8(4)22/h1-2H,(H2,13,16,17)(H,18,19,22). The average molecular weight is 305 g/mol. The topological polar surface area (TPSA) is 133 Å². The fourth-order valence-electron chi connectivity index (χ4n) is 2.07. The summed E-state index contributed by atoms with van der Waals surface area (Å²) >= 11 is 0. The molecule has 0 spiro atoms. The number of aromatic amines is 1. The zero-order chi connectivity index (χ0) is 15.4. The first-order valence-electron chi connectivity index (χ1n) is 5.84. The first kappa shape index (κ1) is 12.3. The molecule has 0 fully saturated rings. The van der Waals surface area contributed by atoms with E-state index in [0.29, 0.717) is 0 Å². The van der Waals surface area contributed by atoms with Crippen molar-refractivity contribution in [2.45, 2.75) is 0 Å². The average Bonchev–Trinajstić information content (AvgIpc) is 3.02.